The molecule has 90 valence electrons. The normalized spacial score (nSPS) is 12.2. The molecule has 0 bridgehead atoms. The van der Waals surface area contributed by atoms with Crippen LogP contribution in [-0.4, -0.2) is 0 Å². The fourth-order valence-corrected chi connectivity index (χ4v) is 1.23. The summed E-state index contributed by atoms with van der Waals surface area (Å²) in [4.78, 5) is 0. The molecular weight excluding hydrogens is 236 g/mol. The molecule has 0 amide bonds. The van der Waals surface area contributed by atoms with Gasteiger partial charge in [-0.25, -0.2) is 0 Å². The molecule has 1 rings (SSSR count). The number of allylic oxidation sites excluding steroid dienone is 4. The molecule has 1 aromatic rings. The molecule has 0 aliphatic heterocycles. The predicted molar refractivity (Wildman–Crippen MR) is 71.4 cm³/mol. The van der Waals surface area contributed by atoms with Crippen LogP contribution in [0.25, 0.3) is 0 Å². The number of halogens is 1. The first-order valence-corrected chi connectivity index (χ1v) is 5.45. The second-order valence-corrected chi connectivity index (χ2v) is 3.71. The third kappa shape index (κ3) is 4.34. The minimum atomic E-state index is 0.554. The molecule has 0 spiro atoms. The highest BCUT2D eigenvalue weighted by Crippen LogP contribution is 2.25. The Kier molecular flexibility index (Phi) is 5.33. The second-order valence-electron chi connectivity index (χ2n) is 3.30. The van der Waals surface area contributed by atoms with Gasteiger partial charge in [0.1, 0.15) is 11.5 Å². The van der Waals surface area contributed by atoms with Crippen LogP contribution in [0.2, 0.25) is 5.02 Å². The number of benzene rings is 1. The maximum absolute atomic E-state index is 5.98. The van der Waals surface area contributed by atoms with E-state index in [9.17, 15) is 0 Å². The van der Waals surface area contributed by atoms with E-state index < -0.39 is 0 Å². The standard InChI is InChI=1S/C13H15ClN2O/c1-3-11(9-8-10(2)16-15)17-13-7-5-4-6-12(13)14/h3-9,16H,1,15H2,2H3/b10-8+,11-9+. The first-order valence-electron chi connectivity index (χ1n) is 5.07. The molecule has 0 aromatic heterocycles. The number of hydrazine groups is 1. The number of hydrogen-bond acceptors (Lipinski definition) is 3. The average Bonchev–Trinajstić information content (AvgIpc) is 2.36. The van der Waals surface area contributed by atoms with Crippen LogP contribution in [0.1, 0.15) is 6.92 Å². The van der Waals surface area contributed by atoms with E-state index in [2.05, 4.69) is 12.0 Å². The lowest BCUT2D eigenvalue weighted by molar-refractivity contribution is 0.445. The summed E-state index contributed by atoms with van der Waals surface area (Å²) >= 11 is 5.98. The minimum Gasteiger partial charge on any atom is -0.456 e. The summed E-state index contributed by atoms with van der Waals surface area (Å²) in [5.41, 5.74) is 3.33. The monoisotopic (exact) mass is 250 g/mol. The summed E-state index contributed by atoms with van der Waals surface area (Å²) in [6, 6.07) is 7.25. The number of para-hydroxylation sites is 1. The van der Waals surface area contributed by atoms with E-state index in [1.165, 1.54) is 0 Å². The smallest absolute Gasteiger partial charge is 0.146 e. The highest BCUT2D eigenvalue weighted by molar-refractivity contribution is 6.32. The first-order chi connectivity index (χ1) is 8.17. The summed E-state index contributed by atoms with van der Waals surface area (Å²) in [7, 11) is 0. The highest BCUT2D eigenvalue weighted by atomic mass is 35.5. The predicted octanol–water partition coefficient (Wildman–Crippen LogP) is 3.16. The lowest BCUT2D eigenvalue weighted by atomic mass is 10.3. The van der Waals surface area contributed by atoms with Crippen molar-refractivity contribution >= 4 is 11.6 Å². The van der Waals surface area contributed by atoms with Crippen molar-refractivity contribution in [1.82, 2.24) is 5.43 Å². The van der Waals surface area contributed by atoms with Gasteiger partial charge < -0.3 is 10.2 Å². The van der Waals surface area contributed by atoms with E-state index in [-0.39, 0.29) is 0 Å². The third-order valence-electron chi connectivity index (χ3n) is 1.99. The van der Waals surface area contributed by atoms with E-state index >= 15 is 0 Å². The van der Waals surface area contributed by atoms with Crippen molar-refractivity contribution in [2.45, 2.75) is 6.92 Å². The van der Waals surface area contributed by atoms with Crippen molar-refractivity contribution in [2.75, 3.05) is 0 Å². The van der Waals surface area contributed by atoms with Crippen molar-refractivity contribution in [1.29, 1.82) is 0 Å². The zero-order valence-electron chi connectivity index (χ0n) is 9.61. The lowest BCUT2D eigenvalue weighted by Crippen LogP contribution is -2.18. The molecule has 3 nitrogen and oxygen atoms in total. The first kappa shape index (κ1) is 13.4. The van der Waals surface area contributed by atoms with Gasteiger partial charge in [0, 0.05) is 5.70 Å². The Labute approximate surface area is 106 Å². The van der Waals surface area contributed by atoms with Gasteiger partial charge in [0.15, 0.2) is 0 Å². The molecule has 0 heterocycles. The number of nitrogens with one attached hydrogen (secondary N) is 1. The van der Waals surface area contributed by atoms with Gasteiger partial charge in [0.2, 0.25) is 0 Å². The van der Waals surface area contributed by atoms with Crippen LogP contribution in [0.5, 0.6) is 5.75 Å². The lowest BCUT2D eigenvalue weighted by Gasteiger charge is -2.07. The maximum atomic E-state index is 5.98. The summed E-state index contributed by atoms with van der Waals surface area (Å²) in [5, 5.41) is 0.554. The fourth-order valence-electron chi connectivity index (χ4n) is 1.05. The molecule has 17 heavy (non-hydrogen) atoms. The molecule has 1 aromatic carbocycles. The third-order valence-corrected chi connectivity index (χ3v) is 2.30. The molecule has 0 aliphatic carbocycles. The zero-order valence-corrected chi connectivity index (χ0v) is 10.4. The van der Waals surface area contributed by atoms with Crippen molar-refractivity contribution in [2.24, 2.45) is 5.84 Å². The van der Waals surface area contributed by atoms with E-state index in [1.54, 1.807) is 30.4 Å². The van der Waals surface area contributed by atoms with Crippen LogP contribution in [0.15, 0.2) is 60.5 Å². The summed E-state index contributed by atoms with van der Waals surface area (Å²) < 4.78 is 5.59. The number of ether oxygens (including phenoxy) is 1. The van der Waals surface area contributed by atoms with Crippen molar-refractivity contribution in [3.05, 3.63) is 65.6 Å². The van der Waals surface area contributed by atoms with Crippen molar-refractivity contribution < 1.29 is 4.74 Å². The van der Waals surface area contributed by atoms with Crippen LogP contribution in [-0.2, 0) is 0 Å². The van der Waals surface area contributed by atoms with Crippen molar-refractivity contribution in [3.63, 3.8) is 0 Å². The summed E-state index contributed by atoms with van der Waals surface area (Å²) in [6.45, 7) is 5.51. The van der Waals surface area contributed by atoms with E-state index in [1.807, 2.05) is 19.1 Å². The van der Waals surface area contributed by atoms with Gasteiger partial charge >= 0.3 is 0 Å². The van der Waals surface area contributed by atoms with E-state index in [0.29, 0.717) is 16.5 Å². The SMILES string of the molecule is C=C/C(=C\C=C(/C)NN)Oc1ccccc1Cl. The molecule has 0 unspecified atom stereocenters. The van der Waals surface area contributed by atoms with Gasteiger partial charge in [-0.3, -0.25) is 5.84 Å². The van der Waals surface area contributed by atoms with Crippen LogP contribution < -0.4 is 16.0 Å². The van der Waals surface area contributed by atoms with Crippen LogP contribution in [0.4, 0.5) is 0 Å². The van der Waals surface area contributed by atoms with Crippen LogP contribution >= 0.6 is 11.6 Å². The molecular formula is C13H15ClN2O. The average molecular weight is 251 g/mol. The molecule has 0 fully saturated rings. The summed E-state index contributed by atoms with van der Waals surface area (Å²) in [5.74, 6) is 6.42. The molecule has 0 aliphatic rings. The Balaban J connectivity index is 2.84. The van der Waals surface area contributed by atoms with Gasteiger partial charge in [0.25, 0.3) is 0 Å². The fraction of sp³-hybridized carbons (Fsp3) is 0.0769. The molecule has 0 saturated carbocycles. The highest BCUT2D eigenvalue weighted by Gasteiger charge is 2.00. The van der Waals surface area contributed by atoms with Crippen molar-refractivity contribution in [3.8, 4) is 5.75 Å². The maximum Gasteiger partial charge on any atom is 0.146 e. The Morgan fingerprint density at radius 1 is 1.41 bits per heavy atom. The Morgan fingerprint density at radius 2 is 2.12 bits per heavy atom. The minimum absolute atomic E-state index is 0.554. The summed E-state index contributed by atoms with van der Waals surface area (Å²) in [6.07, 6.45) is 5.14. The number of rotatable bonds is 5. The Morgan fingerprint density at radius 3 is 2.71 bits per heavy atom. The Bertz CT molecular complexity index is 452. The van der Waals surface area contributed by atoms with Gasteiger partial charge in [-0.05, 0) is 37.3 Å². The Hall–Kier alpha value is -1.71. The second kappa shape index (κ2) is 6.78. The molecule has 0 saturated heterocycles. The number of nitrogens with two attached hydrogens (primary N) is 1. The topological polar surface area (TPSA) is 47.3 Å². The van der Waals surface area contributed by atoms with Crippen LogP contribution in [0, 0.1) is 0 Å². The van der Waals surface area contributed by atoms with Crippen LogP contribution in [0.3, 0.4) is 0 Å². The van der Waals surface area contributed by atoms with Gasteiger partial charge in [-0.2, -0.15) is 0 Å². The number of hydrogen-bond donors (Lipinski definition) is 2. The van der Waals surface area contributed by atoms with Gasteiger partial charge in [-0.15, -0.1) is 0 Å². The molecule has 0 radical (unpaired) electrons. The van der Waals surface area contributed by atoms with E-state index in [4.69, 9.17) is 22.2 Å². The molecule has 0 atom stereocenters. The largest absolute Gasteiger partial charge is 0.456 e. The molecule has 4 heteroatoms. The van der Waals surface area contributed by atoms with Gasteiger partial charge in [-0.1, -0.05) is 30.3 Å². The van der Waals surface area contributed by atoms with Gasteiger partial charge in [0.05, 0.1) is 5.02 Å². The van der Waals surface area contributed by atoms with E-state index in [0.717, 1.165) is 5.70 Å². The molecule has 3 N–H and O–H groups in total. The quantitative estimate of drug-likeness (QED) is 0.365. The zero-order chi connectivity index (χ0) is 12.7.